The summed E-state index contributed by atoms with van der Waals surface area (Å²) in [6.45, 7) is 1.65. The summed E-state index contributed by atoms with van der Waals surface area (Å²) in [6, 6.07) is 7.89. The molecular formula is C13H14N2O3S. The van der Waals surface area contributed by atoms with Gasteiger partial charge in [-0.25, -0.2) is 5.84 Å². The molecule has 2 heterocycles. The van der Waals surface area contributed by atoms with Gasteiger partial charge in [-0.05, 0) is 11.5 Å². The number of benzene rings is 1. The lowest BCUT2D eigenvalue weighted by molar-refractivity contribution is -0.135. The van der Waals surface area contributed by atoms with E-state index >= 15 is 0 Å². The van der Waals surface area contributed by atoms with Crippen molar-refractivity contribution in [2.45, 2.75) is 12.7 Å². The van der Waals surface area contributed by atoms with Crippen LogP contribution in [0, 0.1) is 0 Å². The SMILES string of the molecule is NNC(=O)c1sc2ccccc2c1COC1COC1. The highest BCUT2D eigenvalue weighted by molar-refractivity contribution is 7.21. The number of thiophene rings is 1. The number of rotatable bonds is 4. The number of hydrogen-bond acceptors (Lipinski definition) is 5. The molecule has 5 nitrogen and oxygen atoms in total. The molecule has 1 amide bonds. The first-order valence-corrected chi connectivity index (χ1v) is 6.82. The average molecular weight is 278 g/mol. The lowest BCUT2D eigenvalue weighted by Gasteiger charge is -2.26. The summed E-state index contributed by atoms with van der Waals surface area (Å²) in [6.07, 6.45) is 0.132. The summed E-state index contributed by atoms with van der Waals surface area (Å²) in [4.78, 5) is 12.4. The third-order valence-electron chi connectivity index (χ3n) is 3.11. The maximum absolute atomic E-state index is 11.8. The molecule has 0 atom stereocenters. The Morgan fingerprint density at radius 1 is 1.47 bits per heavy atom. The van der Waals surface area contributed by atoms with Gasteiger partial charge in [0.05, 0.1) is 24.7 Å². The van der Waals surface area contributed by atoms with Crippen molar-refractivity contribution in [1.29, 1.82) is 0 Å². The minimum absolute atomic E-state index is 0.132. The molecule has 1 fully saturated rings. The second-order valence-electron chi connectivity index (χ2n) is 4.35. The lowest BCUT2D eigenvalue weighted by atomic mass is 10.1. The number of amides is 1. The molecule has 1 aliphatic heterocycles. The van der Waals surface area contributed by atoms with E-state index in [-0.39, 0.29) is 12.0 Å². The molecular weight excluding hydrogens is 264 g/mol. The molecule has 1 aliphatic rings. The molecule has 2 aromatic rings. The van der Waals surface area contributed by atoms with Crippen LogP contribution in [0.25, 0.3) is 10.1 Å². The molecule has 1 aromatic heterocycles. The monoisotopic (exact) mass is 278 g/mol. The van der Waals surface area contributed by atoms with Gasteiger partial charge in [0.15, 0.2) is 0 Å². The van der Waals surface area contributed by atoms with Gasteiger partial charge in [-0.1, -0.05) is 18.2 Å². The number of hydrazine groups is 1. The van der Waals surface area contributed by atoms with Gasteiger partial charge in [0.25, 0.3) is 5.91 Å². The van der Waals surface area contributed by atoms with Gasteiger partial charge < -0.3 is 9.47 Å². The van der Waals surface area contributed by atoms with E-state index in [4.69, 9.17) is 15.3 Å². The molecule has 0 aliphatic carbocycles. The van der Waals surface area contributed by atoms with Crippen molar-refractivity contribution in [3.8, 4) is 0 Å². The van der Waals surface area contributed by atoms with E-state index in [0.717, 1.165) is 15.6 Å². The van der Waals surface area contributed by atoms with Crippen LogP contribution in [0.3, 0.4) is 0 Å². The number of carbonyl (C=O) groups excluding carboxylic acids is 1. The van der Waals surface area contributed by atoms with Gasteiger partial charge in [0.2, 0.25) is 0 Å². The molecule has 3 N–H and O–H groups in total. The van der Waals surface area contributed by atoms with Crippen LogP contribution < -0.4 is 11.3 Å². The van der Waals surface area contributed by atoms with Crippen molar-refractivity contribution < 1.29 is 14.3 Å². The molecule has 0 unspecified atom stereocenters. The summed E-state index contributed by atoms with van der Waals surface area (Å²) in [5, 5.41) is 1.05. The second kappa shape index (κ2) is 5.26. The first-order valence-electron chi connectivity index (χ1n) is 6.00. The van der Waals surface area contributed by atoms with E-state index in [2.05, 4.69) is 5.43 Å². The van der Waals surface area contributed by atoms with E-state index in [1.165, 1.54) is 11.3 Å². The molecule has 19 heavy (non-hydrogen) atoms. The van der Waals surface area contributed by atoms with Gasteiger partial charge in [-0.2, -0.15) is 0 Å². The molecule has 100 valence electrons. The fourth-order valence-corrected chi connectivity index (χ4v) is 3.11. The quantitative estimate of drug-likeness (QED) is 0.504. The lowest BCUT2D eigenvalue weighted by Crippen LogP contribution is -2.36. The van der Waals surface area contributed by atoms with Crippen molar-refractivity contribution in [1.82, 2.24) is 5.43 Å². The fourth-order valence-electron chi connectivity index (χ4n) is 2.00. The van der Waals surface area contributed by atoms with Gasteiger partial charge >= 0.3 is 0 Å². The Bertz CT molecular complexity index is 607. The van der Waals surface area contributed by atoms with Crippen LogP contribution in [-0.4, -0.2) is 25.2 Å². The van der Waals surface area contributed by atoms with Crippen LogP contribution in [-0.2, 0) is 16.1 Å². The van der Waals surface area contributed by atoms with Crippen molar-refractivity contribution >= 4 is 27.3 Å². The molecule has 3 rings (SSSR count). The normalized spacial score (nSPS) is 15.4. The van der Waals surface area contributed by atoms with Crippen LogP contribution in [0.2, 0.25) is 0 Å². The molecule has 6 heteroatoms. The number of ether oxygens (including phenoxy) is 2. The summed E-state index contributed by atoms with van der Waals surface area (Å²) in [5.74, 6) is 4.96. The number of carbonyl (C=O) groups is 1. The van der Waals surface area contributed by atoms with Gasteiger partial charge in [-0.3, -0.25) is 10.2 Å². The Kier molecular flexibility index (Phi) is 3.48. The van der Waals surface area contributed by atoms with Crippen LogP contribution in [0.15, 0.2) is 24.3 Å². The summed E-state index contributed by atoms with van der Waals surface area (Å²) in [5.41, 5.74) is 3.09. The largest absolute Gasteiger partial charge is 0.376 e. The molecule has 0 bridgehead atoms. The Hall–Kier alpha value is -1.47. The highest BCUT2D eigenvalue weighted by atomic mass is 32.1. The second-order valence-corrected chi connectivity index (χ2v) is 5.40. The number of nitrogens with one attached hydrogen (secondary N) is 1. The maximum Gasteiger partial charge on any atom is 0.275 e. The minimum atomic E-state index is -0.273. The molecule has 1 aromatic carbocycles. The minimum Gasteiger partial charge on any atom is -0.376 e. The average Bonchev–Trinajstić information content (AvgIpc) is 2.75. The van der Waals surface area contributed by atoms with Gasteiger partial charge in [0.1, 0.15) is 6.10 Å². The number of fused-ring (bicyclic) bond motifs is 1. The van der Waals surface area contributed by atoms with Crippen LogP contribution in [0.4, 0.5) is 0 Å². The predicted octanol–water partition coefficient (Wildman–Crippen LogP) is 1.42. The first kappa shape index (κ1) is 12.6. The van der Waals surface area contributed by atoms with Crippen molar-refractivity contribution in [3.05, 3.63) is 34.7 Å². The Labute approximate surface area is 114 Å². The zero-order valence-corrected chi connectivity index (χ0v) is 11.0. The van der Waals surface area contributed by atoms with Gasteiger partial charge in [0, 0.05) is 10.3 Å². The molecule has 0 saturated carbocycles. The third-order valence-corrected chi connectivity index (χ3v) is 4.32. The van der Waals surface area contributed by atoms with Gasteiger partial charge in [-0.15, -0.1) is 11.3 Å². The van der Waals surface area contributed by atoms with E-state index in [1.54, 1.807) is 0 Å². The zero-order valence-electron chi connectivity index (χ0n) is 10.2. The fraction of sp³-hybridized carbons (Fsp3) is 0.308. The topological polar surface area (TPSA) is 73.6 Å². The van der Waals surface area contributed by atoms with E-state index < -0.39 is 0 Å². The van der Waals surface area contributed by atoms with Crippen molar-refractivity contribution in [2.24, 2.45) is 5.84 Å². The van der Waals surface area contributed by atoms with Crippen LogP contribution >= 0.6 is 11.3 Å². The Morgan fingerprint density at radius 3 is 2.95 bits per heavy atom. The predicted molar refractivity (Wildman–Crippen MR) is 72.9 cm³/mol. The van der Waals surface area contributed by atoms with E-state index in [1.807, 2.05) is 24.3 Å². The van der Waals surface area contributed by atoms with E-state index in [9.17, 15) is 4.79 Å². The molecule has 0 radical (unpaired) electrons. The molecule has 0 spiro atoms. The Balaban J connectivity index is 1.94. The van der Waals surface area contributed by atoms with Crippen LogP contribution in [0.1, 0.15) is 15.2 Å². The third kappa shape index (κ3) is 2.35. The standard InChI is InChI=1S/C13H14N2O3S/c14-15-13(16)12-10(7-18-8-5-17-6-8)9-3-1-2-4-11(9)19-12/h1-4,8H,5-7,14H2,(H,15,16). The van der Waals surface area contributed by atoms with E-state index in [0.29, 0.717) is 24.7 Å². The highest BCUT2D eigenvalue weighted by Gasteiger charge is 2.22. The summed E-state index contributed by atoms with van der Waals surface area (Å²) < 4.78 is 11.9. The zero-order chi connectivity index (χ0) is 13.2. The highest BCUT2D eigenvalue weighted by Crippen LogP contribution is 2.32. The number of hydrogen-bond donors (Lipinski definition) is 2. The van der Waals surface area contributed by atoms with Crippen LogP contribution in [0.5, 0.6) is 0 Å². The molecule has 1 saturated heterocycles. The van der Waals surface area contributed by atoms with Crippen molar-refractivity contribution in [2.75, 3.05) is 13.2 Å². The maximum atomic E-state index is 11.8. The number of nitrogen functional groups attached to an aromatic ring is 1. The first-order chi connectivity index (χ1) is 9.29. The Morgan fingerprint density at radius 2 is 2.26 bits per heavy atom. The number of nitrogens with two attached hydrogens (primary N) is 1. The summed E-state index contributed by atoms with van der Waals surface area (Å²) in [7, 11) is 0. The summed E-state index contributed by atoms with van der Waals surface area (Å²) >= 11 is 1.43. The van der Waals surface area contributed by atoms with Crippen molar-refractivity contribution in [3.63, 3.8) is 0 Å². The smallest absolute Gasteiger partial charge is 0.275 e.